The summed E-state index contributed by atoms with van der Waals surface area (Å²) < 4.78 is 39.5. The molecular formula is C83H115BrMgN6O10Si2. The van der Waals surface area contributed by atoms with Crippen LogP contribution < -0.4 is 48.4 Å². The number of aliphatic hydroxyl groups is 1. The average molecular weight is 1520 g/mol. The number of nitrogens with zero attached hydrogens (tertiary/aromatic N) is 4. The second-order valence-corrected chi connectivity index (χ2v) is 38.8. The Kier molecular flexibility index (Phi) is 34.5. The van der Waals surface area contributed by atoms with E-state index in [1.165, 1.54) is 33.6 Å². The summed E-state index contributed by atoms with van der Waals surface area (Å²) in [5, 5.41) is 21.5. The Hall–Kier alpha value is -6.73. The van der Waals surface area contributed by atoms with E-state index in [4.69, 9.17) is 32.8 Å². The van der Waals surface area contributed by atoms with Gasteiger partial charge >= 0.3 is 41.2 Å². The second-order valence-electron chi connectivity index (χ2n) is 30.2. The summed E-state index contributed by atoms with van der Waals surface area (Å²) in [6.07, 6.45) is 7.92. The molecule has 1 aliphatic heterocycles. The third kappa shape index (κ3) is 25.2. The van der Waals surface area contributed by atoms with Gasteiger partial charge < -0.3 is 77.1 Å². The monoisotopic (exact) mass is 1510 g/mol. The first-order valence-electron chi connectivity index (χ1n) is 35.6. The van der Waals surface area contributed by atoms with Gasteiger partial charge in [0, 0.05) is 75.1 Å². The smallest absolute Gasteiger partial charge is 1.00 e. The zero-order valence-corrected chi connectivity index (χ0v) is 69.7. The third-order valence-electron chi connectivity index (χ3n) is 17.4. The number of hydrogen-bond acceptors (Lipinski definition) is 12. The molecule has 0 saturated carbocycles. The van der Waals surface area contributed by atoms with Gasteiger partial charge in [-0.25, -0.2) is 24.4 Å². The van der Waals surface area contributed by atoms with E-state index in [1.54, 1.807) is 25.3 Å². The number of carbonyl (C=O) groups is 3. The van der Waals surface area contributed by atoms with Crippen LogP contribution in [0.3, 0.4) is 0 Å². The third-order valence-corrected chi connectivity index (χ3v) is 27.5. The standard InChI is InChI=1S/C39H51N3O5Si.C39H53N3O4Si.C4H8O.CH3.BrH.Mg/c1-9-42-28-34(41-35(42)36(43)45-10-2)30-23-21-29(22-24-30)27-31(40-37(44)47-38(3,4)5)25-26-46-48(39(6,7)8,32-17-13-11-14-18-32)33-19-15-12-16-20-33;1-10-42-28-34(41-35(42)39(8,9)44)30-23-21-29(22-24-30)27-31(40-36(43)46-37(2,3)4)25-26-45-47(38(5,6)7,32-17-13-11-14-18-32)33-19-15-12-16-20-33;1-2-4-5-3-1;;;/h11-24,28,31H,9-10,25-27H2,1-8H3,(H,40,44);11-24,28,31,44H,10,25-27H2,1-9H3,(H,40,43);1-4H2;1H3;1H;/q;;;-1;;+2/p-1/t2*31-;;;;/m11..../s1. The van der Waals surface area contributed by atoms with Gasteiger partial charge in [-0.05, 0) is 157 Å². The van der Waals surface area contributed by atoms with Crippen molar-refractivity contribution in [2.45, 2.75) is 208 Å². The van der Waals surface area contributed by atoms with Crippen molar-refractivity contribution in [3.63, 3.8) is 0 Å². The number of ether oxygens (including phenoxy) is 4. The van der Waals surface area contributed by atoms with Crippen LogP contribution in [-0.2, 0) is 59.3 Å². The van der Waals surface area contributed by atoms with E-state index in [0.717, 1.165) is 47.7 Å². The maximum atomic E-state index is 13.0. The van der Waals surface area contributed by atoms with Crippen LogP contribution in [0.5, 0.6) is 0 Å². The van der Waals surface area contributed by atoms with E-state index < -0.39 is 51.6 Å². The van der Waals surface area contributed by atoms with Crippen LogP contribution in [0.4, 0.5) is 9.59 Å². The maximum absolute atomic E-state index is 13.0. The molecule has 2 atom stereocenters. The zero-order chi connectivity index (χ0) is 72.9. The Morgan fingerprint density at radius 1 is 0.515 bits per heavy atom. The van der Waals surface area contributed by atoms with Gasteiger partial charge in [0.1, 0.15) is 22.6 Å². The van der Waals surface area contributed by atoms with Crippen LogP contribution >= 0.6 is 0 Å². The van der Waals surface area contributed by atoms with Crippen molar-refractivity contribution in [1.29, 1.82) is 0 Å². The van der Waals surface area contributed by atoms with Gasteiger partial charge in [0.05, 0.1) is 18.0 Å². The van der Waals surface area contributed by atoms with Crippen LogP contribution in [0.2, 0.25) is 10.1 Å². The van der Waals surface area contributed by atoms with Crippen molar-refractivity contribution in [2.24, 2.45) is 0 Å². The predicted octanol–water partition coefficient (Wildman–Crippen LogP) is 12.2. The summed E-state index contributed by atoms with van der Waals surface area (Å²) in [4.78, 5) is 47.8. The number of hydrogen-bond donors (Lipinski definition) is 3. The first-order valence-corrected chi connectivity index (χ1v) is 39.4. The summed E-state index contributed by atoms with van der Waals surface area (Å²) >= 11 is 0. The summed E-state index contributed by atoms with van der Waals surface area (Å²) in [5.41, 5.74) is 3.25. The van der Waals surface area contributed by atoms with Crippen LogP contribution in [0.25, 0.3) is 22.5 Å². The molecule has 3 heterocycles. The number of carbonyl (C=O) groups excluding carboxylic acids is 3. The van der Waals surface area contributed by atoms with E-state index in [9.17, 15) is 19.5 Å². The van der Waals surface area contributed by atoms with E-state index in [0.29, 0.717) is 69.4 Å². The number of esters is 1. The Morgan fingerprint density at radius 3 is 1.14 bits per heavy atom. The quantitative estimate of drug-likeness (QED) is 0.0213. The van der Waals surface area contributed by atoms with Crippen LogP contribution in [0.1, 0.15) is 171 Å². The number of nitrogens with one attached hydrogen (secondary N) is 2. The molecule has 9 rings (SSSR count). The SMILES string of the molecule is C1CCOC1.CCOC(=O)c1nc(-c2ccc(C[C@@H](CCO[Si](c3ccccc3)(c3ccccc3)C(C)(C)C)NC(=O)OC(C)(C)C)cc2)cn1CC.CCn1cc(-c2ccc(C[C@@H](CCO[Si](c3ccccc3)(c3ccccc3)C(C)(C)C)NC(=O)OC(C)(C)C)cc2)nc1C(C)(C)O.[Br-].[CH3-].[Mg+2]. The van der Waals surface area contributed by atoms with Gasteiger partial charge in [-0.3, -0.25) is 0 Å². The molecule has 20 heteroatoms. The fourth-order valence-electron chi connectivity index (χ4n) is 12.8. The molecular weight excluding hydrogens is 1400 g/mol. The van der Waals surface area contributed by atoms with Crippen molar-refractivity contribution in [3.8, 4) is 22.5 Å². The van der Waals surface area contributed by atoms with Crippen molar-refractivity contribution in [1.82, 2.24) is 29.7 Å². The number of halogens is 1. The van der Waals surface area contributed by atoms with E-state index in [-0.39, 0.29) is 69.6 Å². The molecule has 0 aliphatic carbocycles. The Balaban J connectivity index is 0.000000397. The summed E-state index contributed by atoms with van der Waals surface area (Å²) in [6, 6.07) is 58.2. The predicted molar refractivity (Wildman–Crippen MR) is 420 cm³/mol. The molecule has 2 aromatic heterocycles. The average Bonchev–Trinajstić information content (AvgIpc) is 1.57. The number of aryl methyl sites for hydroxylation is 2. The minimum atomic E-state index is -2.74. The first kappa shape index (κ1) is 88.7. The van der Waals surface area contributed by atoms with E-state index in [2.05, 4.69) is 178 Å². The van der Waals surface area contributed by atoms with Gasteiger partial charge in [-0.1, -0.05) is 211 Å². The number of alkyl carbamates (subject to hydrolysis) is 2. The molecule has 8 aromatic rings. The molecule has 1 aliphatic rings. The summed E-state index contributed by atoms with van der Waals surface area (Å²) in [7, 11) is -5.46. The number of rotatable bonds is 25. The van der Waals surface area contributed by atoms with Gasteiger partial charge in [0.2, 0.25) is 5.82 Å². The maximum Gasteiger partial charge on any atom is 2.00 e. The largest absolute Gasteiger partial charge is 2.00 e. The molecule has 0 spiro atoms. The van der Waals surface area contributed by atoms with Crippen LogP contribution in [0, 0.1) is 7.43 Å². The fraction of sp³-hybridized carbons (Fsp3) is 0.446. The molecule has 1 fully saturated rings. The topological polar surface area (TPSA) is 187 Å². The molecule has 16 nitrogen and oxygen atoms in total. The normalized spacial score (nSPS) is 13.2. The minimum Gasteiger partial charge on any atom is -1.00 e. The molecule has 3 N–H and O–H groups in total. The Morgan fingerprint density at radius 2 is 0.854 bits per heavy atom. The van der Waals surface area contributed by atoms with E-state index in [1.807, 2.05) is 121 Å². The van der Waals surface area contributed by atoms with Crippen molar-refractivity contribution >= 4 is 78.6 Å². The minimum absolute atomic E-state index is 0. The Labute approximate surface area is 644 Å². The summed E-state index contributed by atoms with van der Waals surface area (Å²) in [5.74, 6) is 0.501. The number of amides is 2. The number of benzene rings is 6. The molecule has 0 radical (unpaired) electrons. The molecule has 6 aromatic carbocycles. The van der Waals surface area contributed by atoms with Crippen LogP contribution in [0.15, 0.2) is 182 Å². The van der Waals surface area contributed by atoms with Crippen LogP contribution in [-0.4, -0.2) is 138 Å². The zero-order valence-electron chi connectivity index (χ0n) is 64.7. The second kappa shape index (κ2) is 40.1. The molecule has 0 bridgehead atoms. The molecule has 1 saturated heterocycles. The summed E-state index contributed by atoms with van der Waals surface area (Å²) in [6.45, 7) is 38.6. The van der Waals surface area contributed by atoms with Crippen molar-refractivity contribution in [2.75, 3.05) is 33.0 Å². The van der Waals surface area contributed by atoms with Gasteiger partial charge in [0.25, 0.3) is 16.6 Å². The molecule has 2 amide bonds. The Bertz CT molecular complexity index is 3720. The van der Waals surface area contributed by atoms with Crippen molar-refractivity contribution < 1.29 is 64.3 Å². The molecule has 103 heavy (non-hydrogen) atoms. The van der Waals surface area contributed by atoms with E-state index >= 15 is 0 Å². The first-order chi connectivity index (χ1) is 47.3. The molecule has 0 unspecified atom stereocenters. The van der Waals surface area contributed by atoms with Gasteiger partial charge in [-0.2, -0.15) is 0 Å². The van der Waals surface area contributed by atoms with Gasteiger partial charge in [0.15, 0.2) is 0 Å². The van der Waals surface area contributed by atoms with Crippen molar-refractivity contribution in [3.05, 3.63) is 212 Å². The number of aromatic nitrogens is 4. The fourth-order valence-corrected chi connectivity index (χ4v) is 21.9. The number of imidazole rings is 2. The molecule has 554 valence electrons. The van der Waals surface area contributed by atoms with Gasteiger partial charge in [-0.15, -0.1) is 0 Å².